The van der Waals surface area contributed by atoms with Crippen LogP contribution in [0.15, 0.2) is 18.2 Å². The van der Waals surface area contributed by atoms with Gasteiger partial charge in [0.2, 0.25) is 0 Å². The second-order valence-corrected chi connectivity index (χ2v) is 4.71. The smallest absolute Gasteiger partial charge is 0.120 e. The van der Waals surface area contributed by atoms with E-state index in [1.165, 1.54) is 5.56 Å². The van der Waals surface area contributed by atoms with Crippen molar-refractivity contribution < 1.29 is 4.79 Å². The monoisotopic (exact) mass is 224 g/mol. The van der Waals surface area contributed by atoms with Gasteiger partial charge in [-0.15, -0.1) is 0 Å². The maximum atomic E-state index is 10.5. The second-order valence-electron chi connectivity index (χ2n) is 4.28. The molecule has 0 fully saturated rings. The molecule has 0 amide bonds. The molecular weight excluding hydrogens is 208 g/mol. The van der Waals surface area contributed by atoms with E-state index in [0.717, 1.165) is 16.9 Å². The van der Waals surface area contributed by atoms with Crippen LogP contribution >= 0.6 is 11.6 Å². The summed E-state index contributed by atoms with van der Waals surface area (Å²) in [5, 5.41) is 0.758. The fourth-order valence-electron chi connectivity index (χ4n) is 1.53. The van der Waals surface area contributed by atoms with Crippen LogP contribution in [0.1, 0.15) is 50.2 Å². The highest BCUT2D eigenvalue weighted by molar-refractivity contribution is 6.30. The van der Waals surface area contributed by atoms with Crippen LogP contribution < -0.4 is 0 Å². The minimum Gasteiger partial charge on any atom is -0.303 e. The SMILES string of the molecule is CC(C)c1cc(Cl)cc(C(C)CC=O)c1. The Morgan fingerprint density at radius 2 is 1.80 bits per heavy atom. The number of halogens is 1. The van der Waals surface area contributed by atoms with E-state index >= 15 is 0 Å². The van der Waals surface area contributed by atoms with Crippen LogP contribution in [0.3, 0.4) is 0 Å². The van der Waals surface area contributed by atoms with Gasteiger partial charge in [-0.05, 0) is 35.1 Å². The molecule has 1 aromatic carbocycles. The summed E-state index contributed by atoms with van der Waals surface area (Å²) in [6, 6.07) is 6.08. The highest BCUT2D eigenvalue weighted by atomic mass is 35.5. The summed E-state index contributed by atoms with van der Waals surface area (Å²) in [4.78, 5) is 10.5. The van der Waals surface area contributed by atoms with Crippen molar-refractivity contribution in [2.45, 2.75) is 39.0 Å². The summed E-state index contributed by atoms with van der Waals surface area (Å²) >= 11 is 6.05. The second kappa shape index (κ2) is 5.32. The largest absolute Gasteiger partial charge is 0.303 e. The summed E-state index contributed by atoms with van der Waals surface area (Å²) in [5.41, 5.74) is 2.38. The molecule has 0 N–H and O–H groups in total. The number of carbonyl (C=O) groups excluding carboxylic acids is 1. The minimum atomic E-state index is 0.249. The van der Waals surface area contributed by atoms with E-state index in [0.29, 0.717) is 12.3 Å². The van der Waals surface area contributed by atoms with Crippen LogP contribution in [-0.2, 0) is 4.79 Å². The summed E-state index contributed by atoms with van der Waals surface area (Å²) in [6.45, 7) is 6.32. The molecule has 2 heteroatoms. The zero-order valence-corrected chi connectivity index (χ0v) is 10.2. The van der Waals surface area contributed by atoms with Crippen LogP contribution in [0, 0.1) is 0 Å². The van der Waals surface area contributed by atoms with Gasteiger partial charge in [-0.3, -0.25) is 0 Å². The predicted molar refractivity (Wildman–Crippen MR) is 64.6 cm³/mol. The molecule has 0 spiro atoms. The van der Waals surface area contributed by atoms with Crippen LogP contribution in [0.2, 0.25) is 5.02 Å². The summed E-state index contributed by atoms with van der Waals surface area (Å²) < 4.78 is 0. The highest BCUT2D eigenvalue weighted by Gasteiger charge is 2.09. The van der Waals surface area contributed by atoms with Gasteiger partial charge in [-0.2, -0.15) is 0 Å². The molecule has 0 heterocycles. The van der Waals surface area contributed by atoms with Gasteiger partial charge in [-0.1, -0.05) is 38.4 Å². The van der Waals surface area contributed by atoms with Crippen molar-refractivity contribution in [2.24, 2.45) is 0 Å². The quantitative estimate of drug-likeness (QED) is 0.702. The van der Waals surface area contributed by atoms with E-state index in [4.69, 9.17) is 11.6 Å². The molecule has 1 unspecified atom stereocenters. The predicted octanol–water partition coefficient (Wildman–Crippen LogP) is 4.16. The average Bonchev–Trinajstić information content (AvgIpc) is 2.17. The van der Waals surface area contributed by atoms with E-state index < -0.39 is 0 Å². The van der Waals surface area contributed by atoms with E-state index in [9.17, 15) is 4.79 Å². The maximum absolute atomic E-state index is 10.5. The number of benzene rings is 1. The fourth-order valence-corrected chi connectivity index (χ4v) is 1.79. The molecule has 0 bridgehead atoms. The fraction of sp³-hybridized carbons (Fsp3) is 0.462. The Morgan fingerprint density at radius 3 is 2.33 bits per heavy atom. The maximum Gasteiger partial charge on any atom is 0.120 e. The van der Waals surface area contributed by atoms with Gasteiger partial charge in [0.15, 0.2) is 0 Å². The van der Waals surface area contributed by atoms with Crippen LogP contribution in [0.5, 0.6) is 0 Å². The molecule has 0 aliphatic rings. The summed E-state index contributed by atoms with van der Waals surface area (Å²) in [7, 11) is 0. The minimum absolute atomic E-state index is 0.249. The number of aldehydes is 1. The molecule has 1 nitrogen and oxygen atoms in total. The van der Waals surface area contributed by atoms with Crippen LogP contribution in [0.4, 0.5) is 0 Å². The number of hydrogen-bond acceptors (Lipinski definition) is 1. The zero-order valence-electron chi connectivity index (χ0n) is 9.46. The Balaban J connectivity index is 3.02. The molecule has 0 aliphatic heterocycles. The molecule has 0 aromatic heterocycles. The Bertz CT molecular complexity index is 344. The lowest BCUT2D eigenvalue weighted by Gasteiger charge is -2.13. The molecule has 1 atom stereocenters. The molecule has 1 aromatic rings. The van der Waals surface area contributed by atoms with Gasteiger partial charge in [0, 0.05) is 11.4 Å². The molecule has 1 rings (SSSR count). The first-order valence-electron chi connectivity index (χ1n) is 5.28. The third-order valence-corrected chi connectivity index (χ3v) is 2.85. The Labute approximate surface area is 96.5 Å². The Morgan fingerprint density at radius 1 is 1.20 bits per heavy atom. The van der Waals surface area contributed by atoms with Gasteiger partial charge in [0.25, 0.3) is 0 Å². The van der Waals surface area contributed by atoms with Gasteiger partial charge < -0.3 is 4.79 Å². The van der Waals surface area contributed by atoms with Crippen molar-refractivity contribution in [2.75, 3.05) is 0 Å². The topological polar surface area (TPSA) is 17.1 Å². The zero-order chi connectivity index (χ0) is 11.4. The highest BCUT2D eigenvalue weighted by Crippen LogP contribution is 2.26. The van der Waals surface area contributed by atoms with Crippen molar-refractivity contribution in [3.63, 3.8) is 0 Å². The van der Waals surface area contributed by atoms with Gasteiger partial charge >= 0.3 is 0 Å². The Hall–Kier alpha value is -0.820. The van der Waals surface area contributed by atoms with E-state index in [2.05, 4.69) is 19.9 Å². The van der Waals surface area contributed by atoms with E-state index in [-0.39, 0.29) is 5.92 Å². The van der Waals surface area contributed by atoms with Crippen LogP contribution in [-0.4, -0.2) is 6.29 Å². The van der Waals surface area contributed by atoms with Crippen molar-refractivity contribution in [1.29, 1.82) is 0 Å². The lowest BCUT2D eigenvalue weighted by molar-refractivity contribution is -0.108. The van der Waals surface area contributed by atoms with Gasteiger partial charge in [-0.25, -0.2) is 0 Å². The van der Waals surface area contributed by atoms with Crippen molar-refractivity contribution >= 4 is 17.9 Å². The van der Waals surface area contributed by atoms with Gasteiger partial charge in [0.1, 0.15) is 6.29 Å². The molecule has 15 heavy (non-hydrogen) atoms. The number of carbonyl (C=O) groups is 1. The molecular formula is C13H17ClO. The number of hydrogen-bond donors (Lipinski definition) is 0. The first kappa shape index (κ1) is 12.3. The average molecular weight is 225 g/mol. The molecule has 0 aliphatic carbocycles. The Kier molecular flexibility index (Phi) is 4.34. The van der Waals surface area contributed by atoms with Crippen molar-refractivity contribution in [3.8, 4) is 0 Å². The first-order chi connectivity index (χ1) is 7.04. The summed E-state index contributed by atoms with van der Waals surface area (Å²) in [6.07, 6.45) is 1.51. The molecule has 0 saturated heterocycles. The van der Waals surface area contributed by atoms with E-state index in [1.54, 1.807) is 0 Å². The summed E-state index contributed by atoms with van der Waals surface area (Å²) in [5.74, 6) is 0.713. The normalized spacial score (nSPS) is 12.9. The lowest BCUT2D eigenvalue weighted by Crippen LogP contribution is -1.97. The first-order valence-corrected chi connectivity index (χ1v) is 5.66. The molecule has 0 radical (unpaired) electrons. The van der Waals surface area contributed by atoms with E-state index in [1.807, 2.05) is 19.1 Å². The van der Waals surface area contributed by atoms with Gasteiger partial charge in [0.05, 0.1) is 0 Å². The lowest BCUT2D eigenvalue weighted by atomic mass is 9.93. The third kappa shape index (κ3) is 3.35. The third-order valence-electron chi connectivity index (χ3n) is 2.63. The number of rotatable bonds is 4. The van der Waals surface area contributed by atoms with Crippen molar-refractivity contribution in [1.82, 2.24) is 0 Å². The van der Waals surface area contributed by atoms with Crippen molar-refractivity contribution in [3.05, 3.63) is 34.3 Å². The standard InChI is InChI=1S/C13H17ClO/c1-9(2)11-6-12(8-13(14)7-11)10(3)4-5-15/h5-10H,4H2,1-3H3. The van der Waals surface area contributed by atoms with Crippen LogP contribution in [0.25, 0.3) is 0 Å². The molecule has 0 saturated carbocycles. The molecule has 82 valence electrons.